The number of nitrogens with zero attached hydrogens (tertiary/aromatic N) is 1. The summed E-state index contributed by atoms with van der Waals surface area (Å²) in [6.07, 6.45) is 1.60. The summed E-state index contributed by atoms with van der Waals surface area (Å²) in [6, 6.07) is 3.57. The predicted molar refractivity (Wildman–Crippen MR) is 115 cm³/mol. The van der Waals surface area contributed by atoms with Crippen molar-refractivity contribution in [1.82, 2.24) is 4.90 Å². The lowest BCUT2D eigenvalue weighted by atomic mass is 10.2. The maximum atomic E-state index is 12.6. The van der Waals surface area contributed by atoms with Crippen molar-refractivity contribution in [2.75, 3.05) is 20.3 Å². The first kappa shape index (κ1) is 22.5. The molecule has 2 rings (SSSR count). The van der Waals surface area contributed by atoms with E-state index in [1.54, 1.807) is 40.0 Å². The molecule has 0 N–H and O–H groups in total. The van der Waals surface area contributed by atoms with Crippen LogP contribution in [0.5, 0.6) is 11.5 Å². The van der Waals surface area contributed by atoms with E-state index in [4.69, 9.17) is 14.2 Å². The summed E-state index contributed by atoms with van der Waals surface area (Å²) in [6.45, 7) is 7.08. The molecule has 2 amide bonds. The van der Waals surface area contributed by atoms with Crippen molar-refractivity contribution in [1.29, 1.82) is 0 Å². The van der Waals surface area contributed by atoms with E-state index in [1.165, 1.54) is 0 Å². The molecular formula is C19H22INO6S. The lowest BCUT2D eigenvalue weighted by Crippen LogP contribution is -2.37. The number of thioether (sulfide) groups is 1. The van der Waals surface area contributed by atoms with Gasteiger partial charge in [0, 0.05) is 0 Å². The van der Waals surface area contributed by atoms with Crippen LogP contribution in [0, 0.1) is 3.57 Å². The molecule has 1 aliphatic rings. The molecule has 152 valence electrons. The zero-order valence-corrected chi connectivity index (χ0v) is 19.3. The van der Waals surface area contributed by atoms with Crippen LogP contribution in [0.3, 0.4) is 0 Å². The van der Waals surface area contributed by atoms with Crippen LogP contribution < -0.4 is 9.47 Å². The smallest absolute Gasteiger partial charge is 0.326 e. The molecule has 0 atom stereocenters. The first-order valence-corrected chi connectivity index (χ1v) is 10.4. The van der Waals surface area contributed by atoms with Crippen LogP contribution in [0.25, 0.3) is 6.08 Å². The van der Waals surface area contributed by atoms with Crippen LogP contribution in [0.4, 0.5) is 4.79 Å². The molecular weight excluding hydrogens is 497 g/mol. The van der Waals surface area contributed by atoms with Gasteiger partial charge in [0.1, 0.15) is 12.1 Å². The third-order valence-corrected chi connectivity index (χ3v) is 5.12. The molecule has 0 saturated carbocycles. The molecule has 9 heteroatoms. The highest BCUT2D eigenvalue weighted by Gasteiger charge is 2.37. The Hall–Kier alpha value is -1.75. The minimum absolute atomic E-state index is 0.233. The van der Waals surface area contributed by atoms with Gasteiger partial charge in [-0.3, -0.25) is 19.3 Å². The summed E-state index contributed by atoms with van der Waals surface area (Å²) >= 11 is 2.90. The average molecular weight is 519 g/mol. The number of hydrogen-bond donors (Lipinski definition) is 0. The first-order chi connectivity index (χ1) is 13.1. The fourth-order valence-electron chi connectivity index (χ4n) is 2.42. The van der Waals surface area contributed by atoms with E-state index in [9.17, 15) is 14.4 Å². The Balaban J connectivity index is 2.25. The molecule has 1 fully saturated rings. The Kier molecular flexibility index (Phi) is 7.38. The van der Waals surface area contributed by atoms with Crippen LogP contribution in [0.1, 0.15) is 33.3 Å². The van der Waals surface area contributed by atoms with E-state index >= 15 is 0 Å². The van der Waals surface area contributed by atoms with Crippen molar-refractivity contribution in [3.63, 3.8) is 0 Å². The normalized spacial score (nSPS) is 15.9. The Morgan fingerprint density at radius 2 is 1.96 bits per heavy atom. The molecule has 1 heterocycles. The summed E-state index contributed by atoms with van der Waals surface area (Å²) in [5.74, 6) is 0.00656. The lowest BCUT2D eigenvalue weighted by molar-refractivity contribution is -0.156. The molecule has 28 heavy (non-hydrogen) atoms. The molecule has 7 nitrogen and oxygen atoms in total. The number of esters is 1. The predicted octanol–water partition coefficient (Wildman–Crippen LogP) is 4.08. The number of hydrogen-bond acceptors (Lipinski definition) is 7. The second-order valence-electron chi connectivity index (χ2n) is 6.82. The monoisotopic (exact) mass is 519 g/mol. The van der Waals surface area contributed by atoms with Crippen molar-refractivity contribution >= 4 is 57.5 Å². The molecule has 0 unspecified atom stereocenters. The zero-order chi connectivity index (χ0) is 21.1. The number of ether oxygens (including phenoxy) is 3. The van der Waals surface area contributed by atoms with E-state index in [2.05, 4.69) is 22.6 Å². The van der Waals surface area contributed by atoms with Crippen molar-refractivity contribution in [3.8, 4) is 11.5 Å². The SMILES string of the molecule is CCOc1cc(C=C2SC(=O)N(CC(=O)OC(C)(C)C)C2=O)cc(I)c1OC. The third kappa shape index (κ3) is 5.63. The van der Waals surface area contributed by atoms with E-state index < -0.39 is 29.3 Å². The Morgan fingerprint density at radius 3 is 2.54 bits per heavy atom. The standard InChI is InChI=1S/C19H22INO6S/c1-6-26-13-8-11(7-12(20)16(13)25-5)9-14-17(23)21(18(24)28-14)10-15(22)27-19(2,3)4/h7-9H,6,10H2,1-5H3. The highest BCUT2D eigenvalue weighted by molar-refractivity contribution is 14.1. The van der Waals surface area contributed by atoms with Gasteiger partial charge in [0.25, 0.3) is 11.1 Å². The summed E-state index contributed by atoms with van der Waals surface area (Å²) < 4.78 is 16.9. The second-order valence-corrected chi connectivity index (χ2v) is 8.98. The molecule has 0 aromatic heterocycles. The number of carbonyl (C=O) groups is 3. The van der Waals surface area contributed by atoms with Crippen molar-refractivity contribution in [2.45, 2.75) is 33.3 Å². The van der Waals surface area contributed by atoms with Crippen molar-refractivity contribution in [2.24, 2.45) is 0 Å². The molecule has 0 spiro atoms. The van der Waals surface area contributed by atoms with Crippen LogP contribution in [-0.2, 0) is 14.3 Å². The third-order valence-electron chi connectivity index (χ3n) is 3.41. The average Bonchev–Trinajstić information content (AvgIpc) is 2.81. The highest BCUT2D eigenvalue weighted by atomic mass is 127. The van der Waals surface area contributed by atoms with E-state index in [0.29, 0.717) is 23.7 Å². The van der Waals surface area contributed by atoms with Gasteiger partial charge in [-0.05, 0) is 85.8 Å². The summed E-state index contributed by atoms with van der Waals surface area (Å²) in [4.78, 5) is 37.9. The van der Waals surface area contributed by atoms with Gasteiger partial charge in [-0.15, -0.1) is 0 Å². The topological polar surface area (TPSA) is 82.1 Å². The molecule has 1 saturated heterocycles. The molecule has 1 aliphatic heterocycles. The number of carbonyl (C=O) groups excluding carboxylic acids is 3. The number of methoxy groups -OCH3 is 1. The van der Waals surface area contributed by atoms with Crippen LogP contribution in [-0.4, -0.2) is 47.9 Å². The number of halogens is 1. The van der Waals surface area contributed by atoms with Gasteiger partial charge < -0.3 is 14.2 Å². The number of imide groups is 1. The van der Waals surface area contributed by atoms with Crippen LogP contribution in [0.15, 0.2) is 17.0 Å². The van der Waals surface area contributed by atoms with Crippen molar-refractivity contribution < 1.29 is 28.6 Å². The number of rotatable bonds is 6. The van der Waals surface area contributed by atoms with Gasteiger partial charge in [0.05, 0.1) is 22.2 Å². The van der Waals surface area contributed by atoms with Gasteiger partial charge in [-0.2, -0.15) is 0 Å². The molecule has 0 radical (unpaired) electrons. The number of benzene rings is 1. The van der Waals surface area contributed by atoms with Gasteiger partial charge in [-0.1, -0.05) is 0 Å². The minimum Gasteiger partial charge on any atom is -0.492 e. The summed E-state index contributed by atoms with van der Waals surface area (Å²) in [7, 11) is 1.56. The summed E-state index contributed by atoms with van der Waals surface area (Å²) in [5.41, 5.74) is 0.000825. The molecule has 1 aromatic carbocycles. The maximum Gasteiger partial charge on any atom is 0.326 e. The minimum atomic E-state index is -0.690. The second kappa shape index (κ2) is 9.17. The van der Waals surface area contributed by atoms with Crippen LogP contribution in [0.2, 0.25) is 0 Å². The lowest BCUT2D eigenvalue weighted by Gasteiger charge is -2.21. The van der Waals surface area contributed by atoms with Gasteiger partial charge in [0.15, 0.2) is 11.5 Å². The largest absolute Gasteiger partial charge is 0.492 e. The van der Waals surface area contributed by atoms with Gasteiger partial charge >= 0.3 is 5.97 Å². The Bertz CT molecular complexity index is 830. The van der Waals surface area contributed by atoms with E-state index in [-0.39, 0.29) is 4.91 Å². The summed E-state index contributed by atoms with van der Waals surface area (Å²) in [5, 5.41) is -0.504. The Morgan fingerprint density at radius 1 is 1.29 bits per heavy atom. The molecule has 1 aromatic rings. The fourth-order valence-corrected chi connectivity index (χ4v) is 4.11. The van der Waals surface area contributed by atoms with E-state index in [0.717, 1.165) is 20.2 Å². The molecule has 0 aliphatic carbocycles. The molecule has 0 bridgehead atoms. The van der Waals surface area contributed by atoms with Gasteiger partial charge in [-0.25, -0.2) is 0 Å². The highest BCUT2D eigenvalue weighted by Crippen LogP contribution is 2.37. The quantitative estimate of drug-likeness (QED) is 0.318. The number of amides is 2. The van der Waals surface area contributed by atoms with Crippen molar-refractivity contribution in [3.05, 3.63) is 26.2 Å². The van der Waals surface area contributed by atoms with Gasteiger partial charge in [0.2, 0.25) is 0 Å². The van der Waals surface area contributed by atoms with Crippen LogP contribution >= 0.6 is 34.4 Å². The maximum absolute atomic E-state index is 12.6. The first-order valence-electron chi connectivity index (χ1n) is 8.53. The Labute approximate surface area is 181 Å². The fraction of sp³-hybridized carbons (Fsp3) is 0.421. The van der Waals surface area contributed by atoms with E-state index in [1.807, 2.05) is 13.0 Å². The zero-order valence-electron chi connectivity index (χ0n) is 16.3.